The third-order valence-corrected chi connectivity index (χ3v) is 4.60. The quantitative estimate of drug-likeness (QED) is 0.851. The standard InChI is InChI=1S/C16H17F2N3O3S/c1-20(2)3-4-21(15(22)12-9-23-5-6-24-12)16-19-14-11(18)7-10(17)8-13(14)25-16/h7-9H,3-6H2,1-2H3/p+1. The van der Waals surface area contributed by atoms with Gasteiger partial charge in [-0.15, -0.1) is 0 Å². The lowest BCUT2D eigenvalue weighted by Gasteiger charge is -2.23. The summed E-state index contributed by atoms with van der Waals surface area (Å²) in [6, 6.07) is 1.99. The Bertz CT molecular complexity index is 822. The molecule has 0 aliphatic carbocycles. The first-order valence-corrected chi connectivity index (χ1v) is 8.58. The van der Waals surface area contributed by atoms with E-state index in [-0.39, 0.29) is 17.9 Å². The molecule has 0 atom stereocenters. The zero-order chi connectivity index (χ0) is 18.0. The molecule has 2 aromatic rings. The molecule has 1 N–H and O–H groups in total. The highest BCUT2D eigenvalue weighted by Gasteiger charge is 2.27. The number of ether oxygens (including phenoxy) is 2. The first-order valence-electron chi connectivity index (χ1n) is 7.77. The minimum Gasteiger partial charge on any atom is -0.494 e. The molecule has 0 fully saturated rings. The average Bonchev–Trinajstić information content (AvgIpc) is 2.99. The summed E-state index contributed by atoms with van der Waals surface area (Å²) in [5, 5.41) is 0.292. The molecule has 1 aliphatic rings. The van der Waals surface area contributed by atoms with Crippen molar-refractivity contribution in [3.63, 3.8) is 0 Å². The molecular weight excluding hydrogens is 352 g/mol. The maximum absolute atomic E-state index is 13.9. The van der Waals surface area contributed by atoms with Crippen molar-refractivity contribution in [3.8, 4) is 0 Å². The Balaban J connectivity index is 1.97. The van der Waals surface area contributed by atoms with Gasteiger partial charge in [0.25, 0.3) is 5.91 Å². The fourth-order valence-electron chi connectivity index (χ4n) is 2.29. The van der Waals surface area contributed by atoms with Crippen molar-refractivity contribution in [3.05, 3.63) is 35.8 Å². The maximum atomic E-state index is 13.9. The lowest BCUT2D eigenvalue weighted by Crippen LogP contribution is -3.06. The number of amides is 1. The lowest BCUT2D eigenvalue weighted by atomic mass is 10.3. The summed E-state index contributed by atoms with van der Waals surface area (Å²) in [5.74, 6) is -1.77. The molecule has 9 heteroatoms. The summed E-state index contributed by atoms with van der Waals surface area (Å²) in [4.78, 5) is 19.5. The molecule has 6 nitrogen and oxygen atoms in total. The number of anilines is 1. The van der Waals surface area contributed by atoms with Crippen molar-refractivity contribution in [2.45, 2.75) is 0 Å². The van der Waals surface area contributed by atoms with Crippen LogP contribution >= 0.6 is 11.3 Å². The Morgan fingerprint density at radius 1 is 1.36 bits per heavy atom. The van der Waals surface area contributed by atoms with Crippen LogP contribution in [0.2, 0.25) is 0 Å². The first-order chi connectivity index (χ1) is 12.0. The van der Waals surface area contributed by atoms with Crippen molar-refractivity contribution < 1.29 is 27.9 Å². The van der Waals surface area contributed by atoms with Gasteiger partial charge in [-0.05, 0) is 6.07 Å². The first kappa shape index (κ1) is 17.6. The number of rotatable bonds is 5. The van der Waals surface area contributed by atoms with Gasteiger partial charge in [0.15, 0.2) is 10.9 Å². The van der Waals surface area contributed by atoms with E-state index < -0.39 is 17.5 Å². The summed E-state index contributed by atoms with van der Waals surface area (Å²) in [6.45, 7) is 1.66. The Kier molecular flexibility index (Phi) is 5.14. The van der Waals surface area contributed by atoms with Crippen molar-refractivity contribution in [2.24, 2.45) is 0 Å². The van der Waals surface area contributed by atoms with Crippen LogP contribution in [0.1, 0.15) is 0 Å². The van der Waals surface area contributed by atoms with Crippen LogP contribution in [-0.4, -0.2) is 51.3 Å². The molecule has 0 radical (unpaired) electrons. The fraction of sp³-hybridized carbons (Fsp3) is 0.375. The summed E-state index contributed by atoms with van der Waals surface area (Å²) < 4.78 is 38.2. The molecule has 0 bridgehead atoms. The molecule has 0 saturated carbocycles. The second-order valence-electron chi connectivity index (χ2n) is 5.85. The zero-order valence-corrected chi connectivity index (χ0v) is 14.7. The van der Waals surface area contributed by atoms with E-state index in [4.69, 9.17) is 9.47 Å². The molecule has 1 aromatic heterocycles. The number of hydrogen-bond donors (Lipinski definition) is 1. The summed E-state index contributed by atoms with van der Waals surface area (Å²) in [7, 11) is 3.91. The van der Waals surface area contributed by atoms with Crippen LogP contribution in [0.25, 0.3) is 10.2 Å². The van der Waals surface area contributed by atoms with Gasteiger partial charge in [-0.3, -0.25) is 9.69 Å². The average molecular weight is 370 g/mol. The van der Waals surface area contributed by atoms with Crippen molar-refractivity contribution in [1.29, 1.82) is 0 Å². The van der Waals surface area contributed by atoms with Crippen LogP contribution in [0, 0.1) is 11.6 Å². The molecule has 134 valence electrons. The fourth-order valence-corrected chi connectivity index (χ4v) is 3.32. The van der Waals surface area contributed by atoms with Crippen LogP contribution in [0.15, 0.2) is 24.2 Å². The third kappa shape index (κ3) is 3.88. The number of likely N-dealkylation sites (N-methyl/N-ethyl adjacent to an activating group) is 1. The van der Waals surface area contributed by atoms with Gasteiger partial charge in [0.2, 0.25) is 5.76 Å². The number of carbonyl (C=O) groups excluding carboxylic acids is 1. The molecule has 25 heavy (non-hydrogen) atoms. The molecule has 0 spiro atoms. The summed E-state index contributed by atoms with van der Waals surface area (Å²) >= 11 is 1.06. The largest absolute Gasteiger partial charge is 0.494 e. The van der Waals surface area contributed by atoms with E-state index in [1.54, 1.807) is 0 Å². The Morgan fingerprint density at radius 2 is 2.16 bits per heavy atom. The Morgan fingerprint density at radius 3 is 2.84 bits per heavy atom. The van der Waals surface area contributed by atoms with Gasteiger partial charge in [-0.2, -0.15) is 0 Å². The minimum absolute atomic E-state index is 0.0474. The molecule has 1 amide bonds. The normalized spacial score (nSPS) is 14.2. The van der Waals surface area contributed by atoms with E-state index in [2.05, 4.69) is 4.98 Å². The monoisotopic (exact) mass is 370 g/mol. The Hall–Kier alpha value is -2.26. The Labute approximate surface area is 147 Å². The smallest absolute Gasteiger partial charge is 0.298 e. The predicted molar refractivity (Wildman–Crippen MR) is 89.6 cm³/mol. The van der Waals surface area contributed by atoms with E-state index in [0.29, 0.717) is 29.5 Å². The maximum Gasteiger partial charge on any atom is 0.298 e. The highest BCUT2D eigenvalue weighted by Crippen LogP contribution is 2.31. The van der Waals surface area contributed by atoms with E-state index >= 15 is 0 Å². The number of aromatic nitrogens is 1. The van der Waals surface area contributed by atoms with Crippen LogP contribution in [-0.2, 0) is 14.3 Å². The highest BCUT2D eigenvalue weighted by atomic mass is 32.1. The minimum atomic E-state index is -0.750. The van der Waals surface area contributed by atoms with E-state index in [9.17, 15) is 13.6 Å². The van der Waals surface area contributed by atoms with E-state index in [1.165, 1.54) is 17.2 Å². The molecule has 3 rings (SSSR count). The molecule has 0 saturated heterocycles. The SMILES string of the molecule is C[NH+](C)CCN(C(=O)C1=COCCO1)c1nc2c(F)cc(F)cc2s1. The van der Waals surface area contributed by atoms with Crippen LogP contribution < -0.4 is 9.80 Å². The number of nitrogens with zero attached hydrogens (tertiary/aromatic N) is 2. The summed E-state index contributed by atoms with van der Waals surface area (Å²) in [5.41, 5.74) is 0.0474. The van der Waals surface area contributed by atoms with Gasteiger partial charge in [0.1, 0.15) is 30.8 Å². The number of fused-ring (bicyclic) bond motifs is 1. The van der Waals surface area contributed by atoms with Crippen LogP contribution in [0.3, 0.4) is 0 Å². The number of nitrogens with one attached hydrogen (secondary N) is 1. The second kappa shape index (κ2) is 7.32. The summed E-state index contributed by atoms with van der Waals surface area (Å²) in [6.07, 6.45) is 1.27. The van der Waals surface area contributed by atoms with Crippen LogP contribution in [0.4, 0.5) is 13.9 Å². The molecule has 1 aromatic carbocycles. The van der Waals surface area contributed by atoms with Gasteiger partial charge in [0, 0.05) is 6.07 Å². The number of halogens is 2. The number of carbonyl (C=O) groups is 1. The topological polar surface area (TPSA) is 56.1 Å². The highest BCUT2D eigenvalue weighted by molar-refractivity contribution is 7.22. The van der Waals surface area contributed by atoms with Gasteiger partial charge >= 0.3 is 0 Å². The second-order valence-corrected chi connectivity index (χ2v) is 6.86. The van der Waals surface area contributed by atoms with Gasteiger partial charge < -0.3 is 14.4 Å². The van der Waals surface area contributed by atoms with Crippen LogP contribution in [0.5, 0.6) is 0 Å². The third-order valence-electron chi connectivity index (χ3n) is 3.57. The predicted octanol–water partition coefficient (Wildman–Crippen LogP) is 0.940. The van der Waals surface area contributed by atoms with Crippen molar-refractivity contribution >= 4 is 32.6 Å². The molecule has 2 heterocycles. The lowest BCUT2D eigenvalue weighted by molar-refractivity contribution is -0.856. The molecular formula is C16H18F2N3O3S+. The van der Waals surface area contributed by atoms with Gasteiger partial charge in [-0.1, -0.05) is 11.3 Å². The van der Waals surface area contributed by atoms with E-state index in [1.807, 2.05) is 14.1 Å². The van der Waals surface area contributed by atoms with Gasteiger partial charge in [-0.25, -0.2) is 13.8 Å². The molecule has 0 unspecified atom stereocenters. The number of thiazole rings is 1. The zero-order valence-electron chi connectivity index (χ0n) is 13.8. The number of hydrogen-bond acceptors (Lipinski definition) is 5. The van der Waals surface area contributed by atoms with E-state index in [0.717, 1.165) is 22.3 Å². The van der Waals surface area contributed by atoms with Crippen molar-refractivity contribution in [1.82, 2.24) is 4.98 Å². The number of benzene rings is 1. The molecule has 1 aliphatic heterocycles. The number of quaternary nitrogens is 1. The van der Waals surface area contributed by atoms with Crippen molar-refractivity contribution in [2.75, 3.05) is 45.3 Å². The van der Waals surface area contributed by atoms with Gasteiger partial charge in [0.05, 0.1) is 31.9 Å².